The highest BCUT2D eigenvalue weighted by atomic mass is 19.1. The minimum atomic E-state index is -0.395. The Hall–Kier alpha value is -2.41. The fourth-order valence-electron chi connectivity index (χ4n) is 3.10. The van der Waals surface area contributed by atoms with Crippen molar-refractivity contribution in [2.45, 2.75) is 6.42 Å². The summed E-state index contributed by atoms with van der Waals surface area (Å²) in [5.41, 5.74) is 1.05. The fourth-order valence-corrected chi connectivity index (χ4v) is 3.10. The summed E-state index contributed by atoms with van der Waals surface area (Å²) < 4.78 is 15.2. The standard InChI is InChI=1S/C17H22FN5O/c1-21(2)11-13-6-9-22(12-13)17(24)20-15-10-14(18)4-5-16(15)23-8-3-7-19-23/h3-5,7-8,10,13H,6,9,11-12H2,1-2H3,(H,20,24)/t13-/m0/s1. The number of hydrogen-bond acceptors (Lipinski definition) is 3. The first-order valence-electron chi connectivity index (χ1n) is 8.03. The van der Waals surface area contributed by atoms with Gasteiger partial charge in [-0.15, -0.1) is 0 Å². The van der Waals surface area contributed by atoms with E-state index in [1.165, 1.54) is 12.1 Å². The lowest BCUT2D eigenvalue weighted by molar-refractivity contribution is 0.219. The van der Waals surface area contributed by atoms with Gasteiger partial charge in [0, 0.05) is 32.0 Å². The third kappa shape index (κ3) is 3.73. The van der Waals surface area contributed by atoms with E-state index in [0.29, 0.717) is 17.3 Å². The van der Waals surface area contributed by atoms with Crippen LogP contribution in [0.1, 0.15) is 6.42 Å². The number of carbonyl (C=O) groups excluding carboxylic acids is 1. The molecule has 2 heterocycles. The number of urea groups is 1. The topological polar surface area (TPSA) is 53.4 Å². The maximum absolute atomic E-state index is 13.6. The van der Waals surface area contributed by atoms with Crippen LogP contribution in [0.4, 0.5) is 14.9 Å². The number of carbonyl (C=O) groups is 1. The van der Waals surface area contributed by atoms with E-state index in [4.69, 9.17) is 0 Å². The van der Waals surface area contributed by atoms with E-state index in [-0.39, 0.29) is 6.03 Å². The zero-order valence-corrected chi connectivity index (χ0v) is 13.9. The molecule has 1 aliphatic rings. The normalized spacial score (nSPS) is 17.5. The Morgan fingerprint density at radius 3 is 3.00 bits per heavy atom. The van der Waals surface area contributed by atoms with Crippen molar-refractivity contribution in [3.8, 4) is 5.69 Å². The molecule has 0 saturated carbocycles. The van der Waals surface area contributed by atoms with Crippen LogP contribution in [-0.4, -0.2) is 59.3 Å². The number of likely N-dealkylation sites (tertiary alicyclic amines) is 1. The molecule has 1 aliphatic heterocycles. The predicted molar refractivity (Wildman–Crippen MR) is 90.8 cm³/mol. The lowest BCUT2D eigenvalue weighted by Gasteiger charge is -2.20. The smallest absolute Gasteiger partial charge is 0.321 e. The lowest BCUT2D eigenvalue weighted by atomic mass is 10.1. The maximum atomic E-state index is 13.6. The molecule has 6 nitrogen and oxygen atoms in total. The molecule has 2 amide bonds. The Bertz CT molecular complexity index is 701. The van der Waals surface area contributed by atoms with Gasteiger partial charge in [0.2, 0.25) is 0 Å². The highest BCUT2D eigenvalue weighted by Gasteiger charge is 2.27. The van der Waals surface area contributed by atoms with Crippen molar-refractivity contribution in [2.75, 3.05) is 39.0 Å². The summed E-state index contributed by atoms with van der Waals surface area (Å²) in [6.45, 7) is 2.40. The van der Waals surface area contributed by atoms with Crippen LogP contribution in [0.2, 0.25) is 0 Å². The van der Waals surface area contributed by atoms with Crippen LogP contribution in [0.5, 0.6) is 0 Å². The monoisotopic (exact) mass is 331 g/mol. The molecule has 2 aromatic rings. The van der Waals surface area contributed by atoms with Crippen LogP contribution in [0.3, 0.4) is 0 Å². The highest BCUT2D eigenvalue weighted by Crippen LogP contribution is 2.23. The summed E-state index contributed by atoms with van der Waals surface area (Å²) >= 11 is 0. The summed E-state index contributed by atoms with van der Waals surface area (Å²) in [5.74, 6) is 0.0805. The summed E-state index contributed by atoms with van der Waals surface area (Å²) in [6, 6.07) is 5.87. The van der Waals surface area contributed by atoms with Gasteiger partial charge in [0.1, 0.15) is 5.82 Å². The number of anilines is 1. The minimum Gasteiger partial charge on any atom is -0.324 e. The van der Waals surface area contributed by atoms with Gasteiger partial charge in [-0.05, 0) is 50.7 Å². The van der Waals surface area contributed by atoms with Crippen LogP contribution in [-0.2, 0) is 0 Å². The van der Waals surface area contributed by atoms with Crippen molar-refractivity contribution < 1.29 is 9.18 Å². The number of hydrogen-bond donors (Lipinski definition) is 1. The van der Waals surface area contributed by atoms with Gasteiger partial charge >= 0.3 is 6.03 Å². The third-order valence-corrected chi connectivity index (χ3v) is 4.15. The van der Waals surface area contributed by atoms with Crippen molar-refractivity contribution in [1.82, 2.24) is 19.6 Å². The predicted octanol–water partition coefficient (Wildman–Crippen LogP) is 2.43. The SMILES string of the molecule is CN(C)C[C@@H]1CCN(C(=O)Nc2cc(F)ccc2-n2cccn2)C1. The molecule has 0 unspecified atom stereocenters. The number of nitrogens with zero attached hydrogens (tertiary/aromatic N) is 4. The second-order valence-corrected chi connectivity index (χ2v) is 6.41. The molecule has 1 fully saturated rings. The van der Waals surface area contributed by atoms with E-state index in [1.54, 1.807) is 34.1 Å². The molecule has 0 bridgehead atoms. The van der Waals surface area contributed by atoms with Gasteiger partial charge in [0.05, 0.1) is 11.4 Å². The number of rotatable bonds is 4. The van der Waals surface area contributed by atoms with Crippen molar-refractivity contribution in [3.63, 3.8) is 0 Å². The van der Waals surface area contributed by atoms with Crippen molar-refractivity contribution in [1.29, 1.82) is 0 Å². The average Bonchev–Trinajstić information content (AvgIpc) is 3.18. The summed E-state index contributed by atoms with van der Waals surface area (Å²) in [7, 11) is 4.07. The third-order valence-electron chi connectivity index (χ3n) is 4.15. The molecule has 1 aromatic carbocycles. The molecule has 1 N–H and O–H groups in total. The van der Waals surface area contributed by atoms with E-state index in [2.05, 4.69) is 15.3 Å². The van der Waals surface area contributed by atoms with Crippen LogP contribution in [0, 0.1) is 11.7 Å². The second kappa shape index (κ2) is 7.00. The summed E-state index contributed by atoms with van der Waals surface area (Å²) in [5, 5.41) is 6.98. The van der Waals surface area contributed by atoms with Crippen molar-refractivity contribution >= 4 is 11.7 Å². The largest absolute Gasteiger partial charge is 0.324 e. The fraction of sp³-hybridized carbons (Fsp3) is 0.412. The Balaban J connectivity index is 1.72. The first-order chi connectivity index (χ1) is 11.5. The number of halogens is 1. The van der Waals surface area contributed by atoms with Gasteiger partial charge < -0.3 is 15.1 Å². The molecule has 1 atom stereocenters. The first kappa shape index (κ1) is 16.4. The zero-order chi connectivity index (χ0) is 17.1. The van der Waals surface area contributed by atoms with Gasteiger partial charge in [-0.2, -0.15) is 5.10 Å². The molecule has 0 radical (unpaired) electrons. The quantitative estimate of drug-likeness (QED) is 0.936. The zero-order valence-electron chi connectivity index (χ0n) is 13.9. The molecule has 3 rings (SSSR count). The molecule has 0 spiro atoms. The highest BCUT2D eigenvalue weighted by molar-refractivity contribution is 5.91. The molecule has 1 aromatic heterocycles. The summed E-state index contributed by atoms with van der Waals surface area (Å²) in [6.07, 6.45) is 4.38. The molecular formula is C17H22FN5O. The molecule has 24 heavy (non-hydrogen) atoms. The van der Waals surface area contributed by atoms with Crippen molar-refractivity contribution in [3.05, 3.63) is 42.5 Å². The van der Waals surface area contributed by atoms with E-state index in [1.807, 2.05) is 14.1 Å². The Labute approximate surface area is 140 Å². The van der Waals surface area contributed by atoms with E-state index >= 15 is 0 Å². The second-order valence-electron chi connectivity index (χ2n) is 6.41. The van der Waals surface area contributed by atoms with E-state index < -0.39 is 5.82 Å². The number of nitrogens with one attached hydrogen (secondary N) is 1. The van der Waals surface area contributed by atoms with Gasteiger partial charge in [-0.25, -0.2) is 13.9 Å². The molecule has 7 heteroatoms. The van der Waals surface area contributed by atoms with E-state index in [0.717, 1.165) is 26.1 Å². The van der Waals surface area contributed by atoms with Crippen molar-refractivity contribution in [2.24, 2.45) is 5.92 Å². The number of benzene rings is 1. The van der Waals surface area contributed by atoms with Gasteiger partial charge in [-0.1, -0.05) is 0 Å². The maximum Gasteiger partial charge on any atom is 0.321 e. The Morgan fingerprint density at radius 2 is 2.29 bits per heavy atom. The Morgan fingerprint density at radius 1 is 1.46 bits per heavy atom. The molecule has 1 saturated heterocycles. The van der Waals surface area contributed by atoms with Crippen LogP contribution >= 0.6 is 0 Å². The van der Waals surface area contributed by atoms with Crippen LogP contribution < -0.4 is 5.32 Å². The lowest BCUT2D eigenvalue weighted by Crippen LogP contribution is -2.34. The molecule has 128 valence electrons. The first-order valence-corrected chi connectivity index (χ1v) is 8.03. The average molecular weight is 331 g/mol. The van der Waals surface area contributed by atoms with Gasteiger partial charge in [0.15, 0.2) is 0 Å². The van der Waals surface area contributed by atoms with Gasteiger partial charge in [0.25, 0.3) is 0 Å². The Kier molecular flexibility index (Phi) is 4.80. The number of aromatic nitrogens is 2. The van der Waals surface area contributed by atoms with Crippen LogP contribution in [0.25, 0.3) is 5.69 Å². The van der Waals surface area contributed by atoms with Gasteiger partial charge in [-0.3, -0.25) is 0 Å². The van der Waals surface area contributed by atoms with Crippen LogP contribution in [0.15, 0.2) is 36.7 Å². The minimum absolute atomic E-state index is 0.199. The van der Waals surface area contributed by atoms with E-state index in [9.17, 15) is 9.18 Å². The molecular weight excluding hydrogens is 309 g/mol. The summed E-state index contributed by atoms with van der Waals surface area (Å²) in [4.78, 5) is 16.4. The molecule has 0 aliphatic carbocycles. The number of amides is 2.